The highest BCUT2D eigenvalue weighted by Gasteiger charge is 2.02. The van der Waals surface area contributed by atoms with E-state index in [1.807, 2.05) is 6.92 Å². The molecule has 0 aliphatic carbocycles. The van der Waals surface area contributed by atoms with Crippen molar-refractivity contribution >= 4 is 5.91 Å². The topological polar surface area (TPSA) is 38.3 Å². The van der Waals surface area contributed by atoms with Gasteiger partial charge in [0.05, 0.1) is 6.54 Å². The van der Waals surface area contributed by atoms with Gasteiger partial charge in [-0.15, -0.1) is 0 Å². The van der Waals surface area contributed by atoms with Crippen molar-refractivity contribution in [1.82, 2.24) is 5.32 Å². The van der Waals surface area contributed by atoms with E-state index in [-0.39, 0.29) is 18.3 Å². The van der Waals surface area contributed by atoms with Crippen LogP contribution in [-0.2, 0) is 4.79 Å². The first-order valence-corrected chi connectivity index (χ1v) is 5.47. The van der Waals surface area contributed by atoms with Crippen LogP contribution in [0, 0.1) is 11.6 Å². The number of halogens is 2. The molecule has 0 fully saturated rings. The van der Waals surface area contributed by atoms with Crippen molar-refractivity contribution in [3.8, 4) is 5.75 Å². The van der Waals surface area contributed by atoms with Gasteiger partial charge in [-0.25, -0.2) is 8.78 Å². The lowest BCUT2D eigenvalue weighted by molar-refractivity contribution is -0.121. The molecule has 0 spiro atoms. The van der Waals surface area contributed by atoms with E-state index in [1.165, 1.54) is 0 Å². The first kappa shape index (κ1) is 13.4. The Bertz CT molecular complexity index is 363. The number of benzene rings is 1. The van der Waals surface area contributed by atoms with Crippen LogP contribution in [0.2, 0.25) is 0 Å². The minimum Gasteiger partial charge on any atom is -0.492 e. The van der Waals surface area contributed by atoms with Gasteiger partial charge in [0, 0.05) is 24.6 Å². The Morgan fingerprint density at radius 3 is 2.53 bits per heavy atom. The van der Waals surface area contributed by atoms with Crippen molar-refractivity contribution in [3.05, 3.63) is 29.8 Å². The minimum atomic E-state index is -0.685. The summed E-state index contributed by atoms with van der Waals surface area (Å²) in [5.74, 6) is -1.31. The predicted molar refractivity (Wildman–Crippen MR) is 59.8 cm³/mol. The normalized spacial score (nSPS) is 10.1. The number of hydrogen-bond donors (Lipinski definition) is 1. The molecular formula is C12H15F2NO2. The summed E-state index contributed by atoms with van der Waals surface area (Å²) in [6.07, 6.45) is 1.25. The molecule has 0 saturated carbocycles. The van der Waals surface area contributed by atoms with Gasteiger partial charge in [-0.05, 0) is 6.42 Å². The van der Waals surface area contributed by atoms with Gasteiger partial charge >= 0.3 is 0 Å². The Hall–Kier alpha value is -1.65. The third kappa shape index (κ3) is 5.29. The zero-order valence-corrected chi connectivity index (χ0v) is 9.63. The molecule has 1 N–H and O–H groups in total. The first-order chi connectivity index (χ1) is 8.11. The fraction of sp³-hybridized carbons (Fsp3) is 0.417. The first-order valence-electron chi connectivity index (χ1n) is 5.47. The molecule has 94 valence electrons. The van der Waals surface area contributed by atoms with Crippen LogP contribution in [0.4, 0.5) is 8.78 Å². The Kier molecular flexibility index (Phi) is 5.39. The molecule has 5 heteroatoms. The van der Waals surface area contributed by atoms with E-state index in [4.69, 9.17) is 4.74 Å². The Balaban J connectivity index is 2.28. The molecule has 0 atom stereocenters. The van der Waals surface area contributed by atoms with Gasteiger partial charge in [-0.2, -0.15) is 0 Å². The van der Waals surface area contributed by atoms with Crippen LogP contribution in [0.5, 0.6) is 5.75 Å². The summed E-state index contributed by atoms with van der Waals surface area (Å²) in [6, 6.07) is 2.96. The molecule has 1 aromatic carbocycles. The summed E-state index contributed by atoms with van der Waals surface area (Å²) in [5.41, 5.74) is 0. The fourth-order valence-corrected chi connectivity index (χ4v) is 1.29. The number of hydrogen-bond acceptors (Lipinski definition) is 2. The van der Waals surface area contributed by atoms with E-state index in [0.717, 1.165) is 24.6 Å². The summed E-state index contributed by atoms with van der Waals surface area (Å²) in [7, 11) is 0. The molecule has 0 saturated heterocycles. The molecule has 0 aliphatic heterocycles. The van der Waals surface area contributed by atoms with Gasteiger partial charge in [0.15, 0.2) is 0 Å². The quantitative estimate of drug-likeness (QED) is 0.778. The van der Waals surface area contributed by atoms with Crippen LogP contribution in [-0.4, -0.2) is 19.1 Å². The van der Waals surface area contributed by atoms with Crippen molar-refractivity contribution in [3.63, 3.8) is 0 Å². The van der Waals surface area contributed by atoms with E-state index in [1.54, 1.807) is 0 Å². The highest BCUT2D eigenvalue weighted by atomic mass is 19.1. The van der Waals surface area contributed by atoms with E-state index in [9.17, 15) is 13.6 Å². The second-order valence-electron chi connectivity index (χ2n) is 3.55. The molecule has 3 nitrogen and oxygen atoms in total. The highest BCUT2D eigenvalue weighted by molar-refractivity contribution is 5.75. The molecule has 0 radical (unpaired) electrons. The smallest absolute Gasteiger partial charge is 0.220 e. The fourth-order valence-electron chi connectivity index (χ4n) is 1.29. The van der Waals surface area contributed by atoms with E-state index in [2.05, 4.69) is 5.32 Å². The highest BCUT2D eigenvalue weighted by Crippen LogP contribution is 2.14. The molecular weight excluding hydrogens is 228 g/mol. The minimum absolute atomic E-state index is 0.0541. The number of amides is 1. The maximum atomic E-state index is 12.8. The second kappa shape index (κ2) is 6.83. The van der Waals surface area contributed by atoms with Crippen molar-refractivity contribution < 1.29 is 18.3 Å². The van der Waals surface area contributed by atoms with Gasteiger partial charge in [-0.1, -0.05) is 6.92 Å². The average molecular weight is 243 g/mol. The van der Waals surface area contributed by atoms with Crippen LogP contribution in [0.1, 0.15) is 19.8 Å². The SMILES string of the molecule is CCCC(=O)NCCOc1cc(F)cc(F)c1. The molecule has 0 heterocycles. The van der Waals surface area contributed by atoms with Crippen molar-refractivity contribution in [2.75, 3.05) is 13.2 Å². The van der Waals surface area contributed by atoms with Crippen LogP contribution in [0.15, 0.2) is 18.2 Å². The van der Waals surface area contributed by atoms with Gasteiger partial charge in [0.2, 0.25) is 5.91 Å². The maximum Gasteiger partial charge on any atom is 0.220 e. The van der Waals surface area contributed by atoms with Crippen LogP contribution in [0.3, 0.4) is 0 Å². The Morgan fingerprint density at radius 2 is 1.94 bits per heavy atom. The van der Waals surface area contributed by atoms with Crippen molar-refractivity contribution in [2.24, 2.45) is 0 Å². The summed E-state index contributed by atoms with van der Waals surface area (Å²) in [5, 5.41) is 2.63. The Labute approximate surface area is 98.8 Å². The lowest BCUT2D eigenvalue weighted by Gasteiger charge is -2.07. The molecule has 0 aromatic heterocycles. The zero-order chi connectivity index (χ0) is 12.7. The Morgan fingerprint density at radius 1 is 1.29 bits per heavy atom. The summed E-state index contributed by atoms with van der Waals surface area (Å²) >= 11 is 0. The van der Waals surface area contributed by atoms with Crippen LogP contribution < -0.4 is 10.1 Å². The molecule has 1 amide bonds. The summed E-state index contributed by atoms with van der Waals surface area (Å²) in [6.45, 7) is 2.40. The lowest BCUT2D eigenvalue weighted by atomic mass is 10.3. The second-order valence-corrected chi connectivity index (χ2v) is 3.55. The maximum absolute atomic E-state index is 12.8. The molecule has 0 bridgehead atoms. The molecule has 0 unspecified atom stereocenters. The van der Waals surface area contributed by atoms with Gasteiger partial charge in [-0.3, -0.25) is 4.79 Å². The molecule has 1 rings (SSSR count). The predicted octanol–water partition coefficient (Wildman–Crippen LogP) is 2.26. The summed E-state index contributed by atoms with van der Waals surface area (Å²) in [4.78, 5) is 11.1. The van der Waals surface area contributed by atoms with E-state index >= 15 is 0 Å². The summed E-state index contributed by atoms with van der Waals surface area (Å²) < 4.78 is 30.7. The average Bonchev–Trinajstić information content (AvgIpc) is 2.23. The number of carbonyl (C=O) groups is 1. The molecule has 1 aromatic rings. The number of carbonyl (C=O) groups excluding carboxylic acids is 1. The molecule has 17 heavy (non-hydrogen) atoms. The van der Waals surface area contributed by atoms with Crippen molar-refractivity contribution in [2.45, 2.75) is 19.8 Å². The number of ether oxygens (including phenoxy) is 1. The zero-order valence-electron chi connectivity index (χ0n) is 9.63. The number of nitrogens with one attached hydrogen (secondary N) is 1. The number of rotatable bonds is 6. The van der Waals surface area contributed by atoms with Gasteiger partial charge < -0.3 is 10.1 Å². The van der Waals surface area contributed by atoms with Gasteiger partial charge in [0.1, 0.15) is 24.0 Å². The van der Waals surface area contributed by atoms with E-state index in [0.29, 0.717) is 13.0 Å². The van der Waals surface area contributed by atoms with Crippen LogP contribution >= 0.6 is 0 Å². The standard InChI is InChI=1S/C12H15F2NO2/c1-2-3-12(16)15-4-5-17-11-7-9(13)6-10(14)8-11/h6-8H,2-5H2,1H3,(H,15,16). The van der Waals surface area contributed by atoms with E-state index < -0.39 is 11.6 Å². The monoisotopic (exact) mass is 243 g/mol. The molecule has 0 aliphatic rings. The van der Waals surface area contributed by atoms with Crippen LogP contribution in [0.25, 0.3) is 0 Å². The lowest BCUT2D eigenvalue weighted by Crippen LogP contribution is -2.27. The van der Waals surface area contributed by atoms with Gasteiger partial charge in [0.25, 0.3) is 0 Å². The van der Waals surface area contributed by atoms with Crippen molar-refractivity contribution in [1.29, 1.82) is 0 Å². The third-order valence-electron chi connectivity index (χ3n) is 2.01. The third-order valence-corrected chi connectivity index (χ3v) is 2.01. The largest absolute Gasteiger partial charge is 0.492 e.